The SMILES string of the molecule is O=S(=O)(Cc1ccc(Cl)nc1)N1CC(O)(C(F)(F)F)C1. The molecule has 0 amide bonds. The lowest BCUT2D eigenvalue weighted by Gasteiger charge is -2.45. The summed E-state index contributed by atoms with van der Waals surface area (Å²) in [6.07, 6.45) is -3.61. The Labute approximate surface area is 118 Å². The molecule has 1 aromatic rings. The summed E-state index contributed by atoms with van der Waals surface area (Å²) in [5.41, 5.74) is -2.66. The fourth-order valence-corrected chi connectivity index (χ4v) is 3.41. The topological polar surface area (TPSA) is 70.5 Å². The predicted molar refractivity (Wildman–Crippen MR) is 64.4 cm³/mol. The molecule has 5 nitrogen and oxygen atoms in total. The molecule has 1 N–H and O–H groups in total. The highest BCUT2D eigenvalue weighted by atomic mass is 35.5. The molecule has 0 aromatic carbocycles. The zero-order valence-electron chi connectivity index (χ0n) is 9.93. The maximum Gasteiger partial charge on any atom is 0.419 e. The van der Waals surface area contributed by atoms with Crippen molar-refractivity contribution < 1.29 is 26.7 Å². The smallest absolute Gasteiger partial charge is 0.378 e. The van der Waals surface area contributed by atoms with Crippen LogP contribution in [0.3, 0.4) is 0 Å². The highest BCUT2D eigenvalue weighted by Crippen LogP contribution is 2.39. The zero-order chi connectivity index (χ0) is 15.2. The lowest BCUT2D eigenvalue weighted by Crippen LogP contribution is -2.70. The van der Waals surface area contributed by atoms with Gasteiger partial charge in [0.2, 0.25) is 10.0 Å². The zero-order valence-corrected chi connectivity index (χ0v) is 11.5. The number of halogens is 4. The third kappa shape index (κ3) is 2.90. The van der Waals surface area contributed by atoms with E-state index < -0.39 is 40.6 Å². The van der Waals surface area contributed by atoms with Crippen LogP contribution in [-0.4, -0.2) is 47.7 Å². The van der Waals surface area contributed by atoms with E-state index >= 15 is 0 Å². The minimum atomic E-state index is -4.85. The maximum atomic E-state index is 12.4. The first kappa shape index (κ1) is 15.5. The van der Waals surface area contributed by atoms with Crippen molar-refractivity contribution in [3.63, 3.8) is 0 Å². The van der Waals surface area contributed by atoms with E-state index in [0.29, 0.717) is 9.87 Å². The highest BCUT2D eigenvalue weighted by molar-refractivity contribution is 7.88. The highest BCUT2D eigenvalue weighted by Gasteiger charge is 2.63. The molecule has 0 spiro atoms. The normalized spacial score (nSPS) is 19.6. The monoisotopic (exact) mass is 330 g/mol. The minimum absolute atomic E-state index is 0.182. The van der Waals surface area contributed by atoms with E-state index in [1.807, 2.05) is 0 Å². The number of rotatable bonds is 3. The Balaban J connectivity index is 2.05. The number of aliphatic hydroxyl groups is 1. The van der Waals surface area contributed by atoms with E-state index in [-0.39, 0.29) is 5.15 Å². The van der Waals surface area contributed by atoms with Gasteiger partial charge in [0, 0.05) is 6.20 Å². The number of aromatic nitrogens is 1. The van der Waals surface area contributed by atoms with Crippen LogP contribution in [-0.2, 0) is 15.8 Å². The second-order valence-corrected chi connectivity index (χ2v) is 6.90. The van der Waals surface area contributed by atoms with Gasteiger partial charge in [-0.25, -0.2) is 13.4 Å². The van der Waals surface area contributed by atoms with Gasteiger partial charge in [0.15, 0.2) is 5.60 Å². The molecule has 112 valence electrons. The summed E-state index contributed by atoms with van der Waals surface area (Å²) in [4.78, 5) is 3.69. The fourth-order valence-electron chi connectivity index (χ4n) is 1.71. The van der Waals surface area contributed by atoms with E-state index in [0.717, 1.165) is 0 Å². The quantitative estimate of drug-likeness (QED) is 0.845. The Hall–Kier alpha value is -0.900. The molecule has 1 aromatic heterocycles. The Morgan fingerprint density at radius 1 is 1.40 bits per heavy atom. The summed E-state index contributed by atoms with van der Waals surface area (Å²) < 4.78 is 61.6. The Bertz CT molecular complexity index is 597. The number of alkyl halides is 3. The Kier molecular flexibility index (Phi) is 3.74. The lowest BCUT2D eigenvalue weighted by atomic mass is 9.97. The van der Waals surface area contributed by atoms with Crippen LogP contribution in [0.15, 0.2) is 18.3 Å². The van der Waals surface area contributed by atoms with Crippen LogP contribution in [0.1, 0.15) is 5.56 Å². The average molecular weight is 331 g/mol. The largest absolute Gasteiger partial charge is 0.419 e. The molecule has 2 heterocycles. The third-order valence-electron chi connectivity index (χ3n) is 2.93. The standard InChI is InChI=1S/C10H10ClF3N2O3S/c11-8-2-1-7(3-15-8)4-20(18,19)16-5-9(17,6-16)10(12,13)14/h1-3,17H,4-6H2. The molecular formula is C10H10ClF3N2O3S. The van der Waals surface area contributed by atoms with Gasteiger partial charge < -0.3 is 5.11 Å². The van der Waals surface area contributed by atoms with Crippen LogP contribution in [0.5, 0.6) is 0 Å². The van der Waals surface area contributed by atoms with Gasteiger partial charge in [-0.3, -0.25) is 0 Å². The molecule has 1 aliphatic rings. The van der Waals surface area contributed by atoms with Crippen LogP contribution >= 0.6 is 11.6 Å². The molecule has 0 radical (unpaired) electrons. The minimum Gasteiger partial charge on any atom is -0.378 e. The van der Waals surface area contributed by atoms with Gasteiger partial charge in [-0.1, -0.05) is 17.7 Å². The number of hydrogen-bond acceptors (Lipinski definition) is 4. The van der Waals surface area contributed by atoms with Crippen molar-refractivity contribution in [3.05, 3.63) is 29.0 Å². The van der Waals surface area contributed by atoms with Gasteiger partial charge in [0.1, 0.15) is 5.15 Å². The molecular weight excluding hydrogens is 321 g/mol. The number of hydrogen-bond donors (Lipinski definition) is 1. The number of pyridine rings is 1. The van der Waals surface area contributed by atoms with Crippen molar-refractivity contribution >= 4 is 21.6 Å². The average Bonchev–Trinajstić information content (AvgIpc) is 2.26. The van der Waals surface area contributed by atoms with Crippen LogP contribution in [0.2, 0.25) is 5.15 Å². The summed E-state index contributed by atoms with van der Waals surface area (Å²) >= 11 is 5.54. The molecule has 1 saturated heterocycles. The molecule has 0 bridgehead atoms. The molecule has 0 aliphatic carbocycles. The maximum absolute atomic E-state index is 12.4. The van der Waals surface area contributed by atoms with E-state index in [4.69, 9.17) is 11.6 Å². The van der Waals surface area contributed by atoms with Crippen LogP contribution in [0.25, 0.3) is 0 Å². The van der Waals surface area contributed by atoms with E-state index in [1.54, 1.807) is 0 Å². The van der Waals surface area contributed by atoms with Crippen molar-refractivity contribution in [2.75, 3.05) is 13.1 Å². The van der Waals surface area contributed by atoms with Gasteiger partial charge >= 0.3 is 6.18 Å². The van der Waals surface area contributed by atoms with Gasteiger partial charge in [-0.15, -0.1) is 0 Å². The molecule has 1 aliphatic heterocycles. The Morgan fingerprint density at radius 3 is 2.45 bits per heavy atom. The second kappa shape index (κ2) is 4.83. The summed E-state index contributed by atoms with van der Waals surface area (Å²) in [6, 6.07) is 2.80. The molecule has 1 fully saturated rings. The van der Waals surface area contributed by atoms with Gasteiger partial charge in [-0.05, 0) is 11.6 Å². The van der Waals surface area contributed by atoms with Crippen LogP contribution < -0.4 is 0 Å². The third-order valence-corrected chi connectivity index (χ3v) is 4.90. The molecule has 0 unspecified atom stereocenters. The van der Waals surface area contributed by atoms with Crippen molar-refractivity contribution in [1.29, 1.82) is 0 Å². The summed E-state index contributed by atoms with van der Waals surface area (Å²) in [5.74, 6) is -0.495. The summed E-state index contributed by atoms with van der Waals surface area (Å²) in [5, 5.41) is 9.40. The Morgan fingerprint density at radius 2 is 2.00 bits per heavy atom. The summed E-state index contributed by atoms with van der Waals surface area (Å²) in [6.45, 7) is -1.97. The number of nitrogens with zero attached hydrogens (tertiary/aromatic N) is 2. The molecule has 10 heteroatoms. The number of β-amino-alcohol motifs (C(OH)–C–C–N with tert-alkyl or cyclic N) is 1. The van der Waals surface area contributed by atoms with Crippen molar-refractivity contribution in [2.24, 2.45) is 0 Å². The van der Waals surface area contributed by atoms with Gasteiger partial charge in [0.05, 0.1) is 18.8 Å². The molecule has 0 atom stereocenters. The molecule has 0 saturated carbocycles. The van der Waals surface area contributed by atoms with E-state index in [2.05, 4.69) is 4.98 Å². The molecule has 2 rings (SSSR count). The number of sulfonamides is 1. The fraction of sp³-hybridized carbons (Fsp3) is 0.500. The van der Waals surface area contributed by atoms with Crippen LogP contribution in [0, 0.1) is 0 Å². The van der Waals surface area contributed by atoms with Crippen molar-refractivity contribution in [1.82, 2.24) is 9.29 Å². The first-order chi connectivity index (χ1) is 9.03. The van der Waals surface area contributed by atoms with Gasteiger partial charge in [0.25, 0.3) is 0 Å². The molecule has 20 heavy (non-hydrogen) atoms. The summed E-state index contributed by atoms with van der Waals surface area (Å²) in [7, 11) is -3.93. The van der Waals surface area contributed by atoms with Crippen molar-refractivity contribution in [2.45, 2.75) is 17.5 Å². The van der Waals surface area contributed by atoms with E-state index in [1.165, 1.54) is 18.3 Å². The predicted octanol–water partition coefficient (Wildman–Crippen LogP) is 1.17. The first-order valence-corrected chi connectivity index (χ1v) is 7.40. The van der Waals surface area contributed by atoms with Gasteiger partial charge in [-0.2, -0.15) is 17.5 Å². The van der Waals surface area contributed by atoms with Crippen molar-refractivity contribution in [3.8, 4) is 0 Å². The van der Waals surface area contributed by atoms with E-state index in [9.17, 15) is 26.7 Å². The van der Waals surface area contributed by atoms with Crippen LogP contribution in [0.4, 0.5) is 13.2 Å². The first-order valence-electron chi connectivity index (χ1n) is 5.41. The second-order valence-electron chi connectivity index (χ2n) is 4.54. The lowest BCUT2D eigenvalue weighted by molar-refractivity contribution is -0.290.